The van der Waals surface area contributed by atoms with Gasteiger partial charge in [0.2, 0.25) is 0 Å². The molecule has 1 aliphatic heterocycles. The Hall–Kier alpha value is -3.18. The van der Waals surface area contributed by atoms with E-state index < -0.39 is 48.8 Å². The van der Waals surface area contributed by atoms with Gasteiger partial charge in [-0.05, 0) is 72.5 Å². The van der Waals surface area contributed by atoms with Gasteiger partial charge in [-0.1, -0.05) is 39.8 Å². The molecule has 0 unspecified atom stereocenters. The number of rotatable bonds is 5. The normalized spacial score (nSPS) is 37.3. The SMILES string of the molecule is C=C[C@]1(C)C[C@@H](OC(=O)COc2ccc3c(c2C)B(O)N(C(=O)O)N=C3)[C@]2(C)[C@H](C)CC[C@]3(CCC(=O)[C@H]32)[C@@H](C)[C@@H]1O. The lowest BCUT2D eigenvalue weighted by Gasteiger charge is -2.61. The summed E-state index contributed by atoms with van der Waals surface area (Å²) >= 11 is 0. The minimum Gasteiger partial charge on any atom is -0.482 e. The number of hydrogen-bond donors (Lipinski definition) is 3. The summed E-state index contributed by atoms with van der Waals surface area (Å²) in [6.45, 7) is 13.5. The molecular formula is C31H41BN2O8. The third-order valence-electron chi connectivity index (χ3n) is 11.4. The summed E-state index contributed by atoms with van der Waals surface area (Å²) in [6.07, 6.45) is 3.52. The lowest BCUT2D eigenvalue weighted by Crippen LogP contribution is -2.63. The third-order valence-corrected chi connectivity index (χ3v) is 11.4. The molecule has 42 heavy (non-hydrogen) atoms. The van der Waals surface area contributed by atoms with Crippen LogP contribution in [0.25, 0.3) is 0 Å². The number of carbonyl (C=O) groups is 3. The monoisotopic (exact) mass is 580 g/mol. The summed E-state index contributed by atoms with van der Waals surface area (Å²) in [5, 5.41) is 35.4. The van der Waals surface area contributed by atoms with E-state index in [4.69, 9.17) is 9.47 Å². The van der Waals surface area contributed by atoms with E-state index in [-0.39, 0.29) is 29.0 Å². The fourth-order valence-corrected chi connectivity index (χ4v) is 8.64. The number of aliphatic hydroxyl groups excluding tert-OH is 1. The molecule has 4 aliphatic rings. The van der Waals surface area contributed by atoms with Crippen LogP contribution in [0.5, 0.6) is 5.75 Å². The van der Waals surface area contributed by atoms with E-state index in [2.05, 4.69) is 32.5 Å². The third kappa shape index (κ3) is 4.38. The molecule has 0 aromatic heterocycles. The van der Waals surface area contributed by atoms with E-state index in [1.807, 2.05) is 6.92 Å². The second-order valence-electron chi connectivity index (χ2n) is 13.3. The van der Waals surface area contributed by atoms with Crippen LogP contribution in [-0.4, -0.2) is 70.1 Å². The van der Waals surface area contributed by atoms with Crippen molar-refractivity contribution < 1.29 is 39.1 Å². The molecule has 10 nitrogen and oxygen atoms in total. The Labute approximate surface area is 246 Å². The van der Waals surface area contributed by atoms with E-state index in [0.717, 1.165) is 19.3 Å². The van der Waals surface area contributed by atoms with Crippen LogP contribution in [-0.2, 0) is 14.3 Å². The van der Waals surface area contributed by atoms with Gasteiger partial charge in [0, 0.05) is 23.2 Å². The molecule has 3 N–H and O–H groups in total. The first kappa shape index (κ1) is 30.3. The molecule has 1 aromatic rings. The Balaban J connectivity index is 1.42. The van der Waals surface area contributed by atoms with Crippen molar-refractivity contribution in [2.45, 2.75) is 78.9 Å². The van der Waals surface area contributed by atoms with E-state index in [1.165, 1.54) is 6.21 Å². The molecule has 2 bridgehead atoms. The number of ether oxygens (including phenoxy) is 2. The minimum absolute atomic E-state index is 0.108. The Morgan fingerprint density at radius 1 is 1.26 bits per heavy atom. The zero-order chi connectivity index (χ0) is 30.8. The standard InChI is InChI=1S/C31H41BN2O8/c1-7-29(5)14-23(30(6)17(2)10-12-31(19(4)27(29)37)13-11-21(35)26(30)31)42-24(36)16-41-22-9-8-20-15-33-34(28(38)39)32(40)25(20)18(22)3/h7-9,15,17,19,23,26-27,37,40H,1,10-14,16H2,2-6H3,(H,38,39)/t17-,19+,23-,26+,27+,29-,30+,31+/m1/s1. The van der Waals surface area contributed by atoms with Crippen molar-refractivity contribution in [1.29, 1.82) is 0 Å². The average Bonchev–Trinajstić information content (AvgIpc) is 3.30. The van der Waals surface area contributed by atoms with Crippen LogP contribution in [0.15, 0.2) is 29.9 Å². The zero-order valence-electron chi connectivity index (χ0n) is 25.0. The quantitative estimate of drug-likeness (QED) is 0.273. The fraction of sp³-hybridized carbons (Fsp3) is 0.613. The smallest absolute Gasteiger partial charge is 0.479 e. The Bertz CT molecular complexity index is 1350. The second kappa shape index (κ2) is 10.5. The topological polar surface area (TPSA) is 146 Å². The molecule has 0 saturated heterocycles. The first-order chi connectivity index (χ1) is 19.7. The predicted octanol–water partition coefficient (Wildman–Crippen LogP) is 3.30. The van der Waals surface area contributed by atoms with E-state index in [0.29, 0.717) is 40.1 Å². The molecule has 226 valence electrons. The summed E-state index contributed by atoms with van der Waals surface area (Å²) in [5.41, 5.74) is -0.397. The number of carboxylic acid groups (broad SMARTS) is 1. The Morgan fingerprint density at radius 3 is 2.64 bits per heavy atom. The van der Waals surface area contributed by atoms with Crippen LogP contribution in [0.4, 0.5) is 4.79 Å². The van der Waals surface area contributed by atoms with Gasteiger partial charge in [-0.15, -0.1) is 6.58 Å². The highest BCUT2D eigenvalue weighted by atomic mass is 16.6. The number of nitrogens with zero attached hydrogens (tertiary/aromatic N) is 2. The lowest BCUT2D eigenvalue weighted by molar-refractivity contribution is -0.207. The summed E-state index contributed by atoms with van der Waals surface area (Å²) in [5.74, 6) is -0.467. The molecule has 3 saturated carbocycles. The molecular weight excluding hydrogens is 539 g/mol. The first-order valence-corrected chi connectivity index (χ1v) is 14.8. The molecule has 0 spiro atoms. The maximum Gasteiger partial charge on any atom is 0.479 e. The number of esters is 1. The van der Waals surface area contributed by atoms with Crippen molar-refractivity contribution >= 4 is 36.6 Å². The number of benzene rings is 1. The van der Waals surface area contributed by atoms with Gasteiger partial charge in [0.25, 0.3) is 0 Å². The van der Waals surface area contributed by atoms with Gasteiger partial charge in [-0.3, -0.25) is 4.79 Å². The maximum atomic E-state index is 13.6. The molecule has 0 radical (unpaired) electrons. The molecule has 1 amide bonds. The number of ketones is 1. The van der Waals surface area contributed by atoms with E-state index in [1.54, 1.807) is 25.1 Å². The maximum absolute atomic E-state index is 13.6. The van der Waals surface area contributed by atoms with Crippen LogP contribution in [0.2, 0.25) is 0 Å². The van der Waals surface area contributed by atoms with Crippen molar-refractivity contribution in [2.24, 2.45) is 39.1 Å². The fourth-order valence-electron chi connectivity index (χ4n) is 8.64. The molecule has 3 aliphatic carbocycles. The number of amides is 1. The summed E-state index contributed by atoms with van der Waals surface area (Å²) < 4.78 is 12.1. The van der Waals surface area contributed by atoms with Crippen LogP contribution in [0, 0.1) is 40.9 Å². The Morgan fingerprint density at radius 2 is 1.98 bits per heavy atom. The minimum atomic E-state index is -1.52. The number of hydrogen-bond acceptors (Lipinski definition) is 8. The molecule has 3 fully saturated rings. The van der Waals surface area contributed by atoms with Gasteiger partial charge in [-0.25, -0.2) is 14.5 Å². The van der Waals surface area contributed by atoms with Crippen LogP contribution < -0.4 is 10.2 Å². The van der Waals surface area contributed by atoms with Crippen molar-refractivity contribution in [1.82, 2.24) is 4.92 Å². The van der Waals surface area contributed by atoms with Gasteiger partial charge in [0.1, 0.15) is 17.6 Å². The van der Waals surface area contributed by atoms with Gasteiger partial charge < -0.3 is 24.7 Å². The second-order valence-corrected chi connectivity index (χ2v) is 13.3. The van der Waals surface area contributed by atoms with E-state index >= 15 is 0 Å². The summed E-state index contributed by atoms with van der Waals surface area (Å²) in [4.78, 5) is 39.0. The van der Waals surface area contributed by atoms with Crippen LogP contribution in [0.3, 0.4) is 0 Å². The number of hydrazone groups is 1. The van der Waals surface area contributed by atoms with Gasteiger partial charge in [-0.2, -0.15) is 5.10 Å². The first-order valence-electron chi connectivity index (χ1n) is 14.8. The molecule has 5 rings (SSSR count). The van der Waals surface area contributed by atoms with Crippen molar-refractivity contribution in [2.75, 3.05) is 6.61 Å². The van der Waals surface area contributed by atoms with Gasteiger partial charge in [0.15, 0.2) is 6.61 Å². The zero-order valence-corrected chi connectivity index (χ0v) is 25.0. The summed E-state index contributed by atoms with van der Waals surface area (Å²) in [6, 6.07) is 3.27. The summed E-state index contributed by atoms with van der Waals surface area (Å²) in [7, 11) is -1.52. The Kier molecular flexibility index (Phi) is 7.59. The molecule has 8 atom stereocenters. The largest absolute Gasteiger partial charge is 0.482 e. The van der Waals surface area contributed by atoms with Crippen molar-refractivity contribution in [3.63, 3.8) is 0 Å². The van der Waals surface area contributed by atoms with E-state index in [9.17, 15) is 29.6 Å². The van der Waals surface area contributed by atoms with Crippen LogP contribution >= 0.6 is 0 Å². The molecule has 11 heteroatoms. The highest BCUT2D eigenvalue weighted by molar-refractivity contribution is 6.68. The lowest BCUT2D eigenvalue weighted by atomic mass is 9.44. The number of aliphatic hydroxyl groups is 1. The van der Waals surface area contributed by atoms with Crippen molar-refractivity contribution in [3.05, 3.63) is 35.9 Å². The number of fused-ring (bicyclic) bond motifs is 1. The highest BCUT2D eigenvalue weighted by Gasteiger charge is 2.68. The predicted molar refractivity (Wildman–Crippen MR) is 156 cm³/mol. The average molecular weight is 580 g/mol. The molecule has 1 aromatic carbocycles. The number of carbonyl (C=O) groups excluding carboxylic acids is 2. The molecule has 1 heterocycles. The number of Topliss-reactive ketones (excluding diaryl/α,β-unsaturated/α-hetero) is 1. The van der Waals surface area contributed by atoms with Crippen LogP contribution in [0.1, 0.15) is 70.9 Å². The highest BCUT2D eigenvalue weighted by Crippen LogP contribution is 2.68. The van der Waals surface area contributed by atoms with Gasteiger partial charge >= 0.3 is 19.1 Å². The van der Waals surface area contributed by atoms with Gasteiger partial charge in [0.05, 0.1) is 12.3 Å². The van der Waals surface area contributed by atoms with Crippen molar-refractivity contribution in [3.8, 4) is 5.75 Å².